The normalized spacial score (nSPS) is 27.1. The number of carbonyl (C=O) groups is 1. The summed E-state index contributed by atoms with van der Waals surface area (Å²) in [5.74, 6) is 0.732. The third-order valence-electron chi connectivity index (χ3n) is 3.52. The Bertz CT molecular complexity index is 233. The molecule has 0 radical (unpaired) electrons. The maximum Gasteiger partial charge on any atom is 0.226 e. The summed E-state index contributed by atoms with van der Waals surface area (Å²) in [6, 6.07) is 0. The van der Waals surface area contributed by atoms with Gasteiger partial charge in [0.1, 0.15) is 0 Å². The Morgan fingerprint density at radius 3 is 2.64 bits per heavy atom. The lowest BCUT2D eigenvalue weighted by Gasteiger charge is -2.45. The molecule has 0 bridgehead atoms. The number of piperazine rings is 1. The molecular formula is C11H20N2O. The number of rotatable bonds is 1. The van der Waals surface area contributed by atoms with Crippen molar-refractivity contribution in [3.05, 3.63) is 0 Å². The van der Waals surface area contributed by atoms with Gasteiger partial charge >= 0.3 is 0 Å². The van der Waals surface area contributed by atoms with E-state index in [2.05, 4.69) is 24.1 Å². The molecule has 3 nitrogen and oxygen atoms in total. The summed E-state index contributed by atoms with van der Waals surface area (Å²) in [6.45, 7) is 7.04. The minimum absolute atomic E-state index is 0.00488. The maximum atomic E-state index is 12.1. The number of hydrogen-bond donors (Lipinski definition) is 1. The van der Waals surface area contributed by atoms with Crippen LogP contribution in [0.5, 0.6) is 0 Å². The Morgan fingerprint density at radius 2 is 2.14 bits per heavy atom. The first-order valence-electron chi connectivity index (χ1n) is 5.63. The van der Waals surface area contributed by atoms with E-state index in [9.17, 15) is 4.79 Å². The highest BCUT2D eigenvalue weighted by molar-refractivity contribution is 5.80. The topological polar surface area (TPSA) is 32.3 Å². The lowest BCUT2D eigenvalue weighted by molar-refractivity contribution is -0.144. The number of nitrogens with zero attached hydrogens (tertiary/aromatic N) is 1. The fourth-order valence-electron chi connectivity index (χ4n) is 2.27. The van der Waals surface area contributed by atoms with Gasteiger partial charge in [-0.3, -0.25) is 4.79 Å². The molecule has 1 N–H and O–H groups in total. The van der Waals surface area contributed by atoms with Crippen molar-refractivity contribution in [3.8, 4) is 0 Å². The molecule has 14 heavy (non-hydrogen) atoms. The van der Waals surface area contributed by atoms with Crippen LogP contribution in [-0.2, 0) is 4.79 Å². The standard InChI is InChI=1S/C11H20N2O/c1-11(2)8-12-6-7-13(11)10(14)9-4-3-5-9/h9,12H,3-8H2,1-2H3. The second kappa shape index (κ2) is 3.54. The summed E-state index contributed by atoms with van der Waals surface area (Å²) >= 11 is 0. The van der Waals surface area contributed by atoms with Gasteiger partial charge in [-0.05, 0) is 26.7 Å². The monoisotopic (exact) mass is 196 g/mol. The maximum absolute atomic E-state index is 12.1. The zero-order valence-electron chi connectivity index (χ0n) is 9.18. The molecule has 80 valence electrons. The highest BCUT2D eigenvalue weighted by atomic mass is 16.2. The second-order valence-electron chi connectivity index (χ2n) is 5.11. The fourth-order valence-corrected chi connectivity index (χ4v) is 2.27. The van der Waals surface area contributed by atoms with Crippen molar-refractivity contribution in [2.45, 2.75) is 38.6 Å². The molecule has 3 heteroatoms. The van der Waals surface area contributed by atoms with Crippen LogP contribution in [0.2, 0.25) is 0 Å². The van der Waals surface area contributed by atoms with E-state index in [-0.39, 0.29) is 5.54 Å². The van der Waals surface area contributed by atoms with Gasteiger partial charge < -0.3 is 10.2 Å². The van der Waals surface area contributed by atoms with Crippen molar-refractivity contribution < 1.29 is 4.79 Å². The number of nitrogens with one attached hydrogen (secondary N) is 1. The minimum Gasteiger partial charge on any atom is -0.335 e. The number of carbonyl (C=O) groups excluding carboxylic acids is 1. The Morgan fingerprint density at radius 1 is 1.43 bits per heavy atom. The van der Waals surface area contributed by atoms with E-state index in [1.165, 1.54) is 6.42 Å². The molecule has 1 saturated carbocycles. The van der Waals surface area contributed by atoms with Crippen molar-refractivity contribution in [3.63, 3.8) is 0 Å². The highest BCUT2D eigenvalue weighted by Crippen LogP contribution is 2.31. The molecule has 1 amide bonds. The molecule has 1 aliphatic carbocycles. The first kappa shape index (κ1) is 9.97. The van der Waals surface area contributed by atoms with Gasteiger partial charge in [0.15, 0.2) is 0 Å². The number of hydrogen-bond acceptors (Lipinski definition) is 2. The Labute approximate surface area is 85.8 Å². The van der Waals surface area contributed by atoms with E-state index < -0.39 is 0 Å². The van der Waals surface area contributed by atoms with Gasteiger partial charge in [0.05, 0.1) is 0 Å². The zero-order valence-corrected chi connectivity index (χ0v) is 9.18. The van der Waals surface area contributed by atoms with E-state index >= 15 is 0 Å². The van der Waals surface area contributed by atoms with E-state index in [1.807, 2.05) is 0 Å². The van der Waals surface area contributed by atoms with Crippen molar-refractivity contribution in [1.82, 2.24) is 10.2 Å². The lowest BCUT2D eigenvalue weighted by Crippen LogP contribution is -2.61. The molecule has 0 aromatic rings. The van der Waals surface area contributed by atoms with Gasteiger partial charge in [0.2, 0.25) is 5.91 Å². The summed E-state index contributed by atoms with van der Waals surface area (Å²) in [7, 11) is 0. The zero-order chi connectivity index (χ0) is 10.2. The first-order chi connectivity index (χ1) is 6.61. The first-order valence-corrected chi connectivity index (χ1v) is 5.63. The molecule has 1 heterocycles. The predicted octanol–water partition coefficient (Wildman–Crippen LogP) is 0.997. The van der Waals surface area contributed by atoms with Gasteiger partial charge in [-0.2, -0.15) is 0 Å². The second-order valence-corrected chi connectivity index (χ2v) is 5.11. The SMILES string of the molecule is CC1(C)CNCCN1C(=O)C1CCC1. The van der Waals surface area contributed by atoms with Crippen LogP contribution in [0.25, 0.3) is 0 Å². The molecule has 0 aromatic heterocycles. The molecule has 0 aromatic carbocycles. The molecule has 0 spiro atoms. The highest BCUT2D eigenvalue weighted by Gasteiger charge is 2.38. The smallest absolute Gasteiger partial charge is 0.226 e. The molecule has 2 fully saturated rings. The van der Waals surface area contributed by atoms with Crippen LogP contribution in [0, 0.1) is 5.92 Å². The van der Waals surface area contributed by atoms with Crippen LogP contribution in [-0.4, -0.2) is 36.0 Å². The number of amides is 1. The van der Waals surface area contributed by atoms with Crippen LogP contribution < -0.4 is 5.32 Å². The minimum atomic E-state index is 0.00488. The Balaban J connectivity index is 2.03. The van der Waals surface area contributed by atoms with Crippen molar-refractivity contribution in [2.24, 2.45) is 5.92 Å². The van der Waals surface area contributed by atoms with Crippen LogP contribution in [0.15, 0.2) is 0 Å². The van der Waals surface area contributed by atoms with Crippen molar-refractivity contribution in [1.29, 1.82) is 0 Å². The van der Waals surface area contributed by atoms with E-state index in [0.717, 1.165) is 32.5 Å². The Hall–Kier alpha value is -0.570. The third kappa shape index (κ3) is 1.65. The third-order valence-corrected chi connectivity index (χ3v) is 3.52. The van der Waals surface area contributed by atoms with Crippen molar-refractivity contribution in [2.75, 3.05) is 19.6 Å². The summed E-state index contributed by atoms with van der Waals surface area (Å²) in [5.41, 5.74) is 0.00488. The predicted molar refractivity (Wildman–Crippen MR) is 56.0 cm³/mol. The largest absolute Gasteiger partial charge is 0.335 e. The molecule has 1 saturated heterocycles. The average Bonchev–Trinajstić information content (AvgIpc) is 1.99. The van der Waals surface area contributed by atoms with Crippen LogP contribution in [0.4, 0.5) is 0 Å². The van der Waals surface area contributed by atoms with Crippen LogP contribution in [0.1, 0.15) is 33.1 Å². The van der Waals surface area contributed by atoms with E-state index in [1.54, 1.807) is 0 Å². The van der Waals surface area contributed by atoms with E-state index in [4.69, 9.17) is 0 Å². The molecule has 2 rings (SSSR count). The average molecular weight is 196 g/mol. The van der Waals surface area contributed by atoms with Gasteiger partial charge in [-0.1, -0.05) is 6.42 Å². The van der Waals surface area contributed by atoms with Crippen LogP contribution in [0.3, 0.4) is 0 Å². The summed E-state index contributed by atoms with van der Waals surface area (Å²) < 4.78 is 0. The molecule has 2 aliphatic rings. The fraction of sp³-hybridized carbons (Fsp3) is 0.909. The quantitative estimate of drug-likeness (QED) is 0.678. The summed E-state index contributed by atoms with van der Waals surface area (Å²) in [6.07, 6.45) is 3.46. The molecule has 0 unspecified atom stereocenters. The lowest BCUT2D eigenvalue weighted by atomic mass is 9.83. The molecular weight excluding hydrogens is 176 g/mol. The van der Waals surface area contributed by atoms with Crippen LogP contribution >= 0.6 is 0 Å². The summed E-state index contributed by atoms with van der Waals surface area (Å²) in [4.78, 5) is 14.2. The van der Waals surface area contributed by atoms with Gasteiger partial charge in [-0.25, -0.2) is 0 Å². The van der Waals surface area contributed by atoms with Gasteiger partial charge in [0.25, 0.3) is 0 Å². The summed E-state index contributed by atoms with van der Waals surface area (Å²) in [5, 5.41) is 3.34. The van der Waals surface area contributed by atoms with Gasteiger partial charge in [-0.15, -0.1) is 0 Å². The van der Waals surface area contributed by atoms with Crippen molar-refractivity contribution >= 4 is 5.91 Å². The molecule has 1 aliphatic heterocycles. The van der Waals surface area contributed by atoms with Gasteiger partial charge in [0, 0.05) is 31.1 Å². The Kier molecular flexibility index (Phi) is 2.52. The molecule has 0 atom stereocenters. The van der Waals surface area contributed by atoms with E-state index in [0.29, 0.717) is 11.8 Å².